The number of carbonyl (C=O) groups is 1. The summed E-state index contributed by atoms with van der Waals surface area (Å²) < 4.78 is 28.7. The Morgan fingerprint density at radius 3 is 2.55 bits per heavy atom. The lowest BCUT2D eigenvalue weighted by Gasteiger charge is -2.11. The number of aryl methyl sites for hydroxylation is 1. The van der Waals surface area contributed by atoms with E-state index in [9.17, 15) is 13.6 Å². The van der Waals surface area contributed by atoms with Gasteiger partial charge in [0.05, 0.1) is 23.0 Å². The molecular weight excluding hydrogens is 424 g/mol. The number of carbonyl (C=O) groups excluding carboxylic acids is 1. The third kappa shape index (κ3) is 3.94. The summed E-state index contributed by atoms with van der Waals surface area (Å²) in [5.41, 5.74) is 4.12. The van der Waals surface area contributed by atoms with Crippen LogP contribution in [0.3, 0.4) is 0 Å². The van der Waals surface area contributed by atoms with E-state index >= 15 is 0 Å². The predicted octanol–water partition coefficient (Wildman–Crippen LogP) is 5.30. The number of hydrogen-bond donors (Lipinski definition) is 1. The Kier molecular flexibility index (Phi) is 5.10. The van der Waals surface area contributed by atoms with Crippen LogP contribution in [0.1, 0.15) is 16.1 Å². The summed E-state index contributed by atoms with van der Waals surface area (Å²) in [7, 11) is 0. The van der Waals surface area contributed by atoms with E-state index in [1.54, 1.807) is 25.4 Å². The Bertz CT molecular complexity index is 1500. The van der Waals surface area contributed by atoms with Gasteiger partial charge >= 0.3 is 0 Å². The fraction of sp³-hybridized carbons (Fsp3) is 0.0400. The van der Waals surface area contributed by atoms with Gasteiger partial charge < -0.3 is 5.32 Å². The molecule has 0 aliphatic rings. The Morgan fingerprint density at radius 1 is 0.939 bits per heavy atom. The summed E-state index contributed by atoms with van der Waals surface area (Å²) in [6.45, 7) is 1.75. The molecule has 0 bridgehead atoms. The lowest BCUT2D eigenvalue weighted by atomic mass is 10.0. The number of fused-ring (bicyclic) bond motifs is 1. The van der Waals surface area contributed by atoms with Gasteiger partial charge in [-0.05, 0) is 49.4 Å². The topological polar surface area (TPSA) is 72.2 Å². The second-order valence-corrected chi connectivity index (χ2v) is 7.44. The van der Waals surface area contributed by atoms with Crippen molar-refractivity contribution in [1.82, 2.24) is 19.4 Å². The molecule has 5 rings (SSSR count). The summed E-state index contributed by atoms with van der Waals surface area (Å²) in [6.07, 6.45) is 6.57. The van der Waals surface area contributed by atoms with Gasteiger partial charge in [-0.1, -0.05) is 6.07 Å². The minimum Gasteiger partial charge on any atom is -0.322 e. The smallest absolute Gasteiger partial charge is 0.257 e. The summed E-state index contributed by atoms with van der Waals surface area (Å²) in [4.78, 5) is 25.9. The molecule has 0 aliphatic carbocycles. The van der Waals surface area contributed by atoms with Crippen LogP contribution in [-0.4, -0.2) is 25.3 Å². The van der Waals surface area contributed by atoms with E-state index in [-0.39, 0.29) is 11.7 Å². The standard InChI is InChI=1S/C25H17F2N5O/c1-15-21(25(33)31-19-6-4-17(26)5-7-19)11-16(13-29-15)20-3-2-10-32-23(20)14-30-24(32)22-12-18(27)8-9-28-22/h2-14H,1H3,(H,31,33). The number of benzene rings is 1. The number of nitrogens with one attached hydrogen (secondary N) is 1. The van der Waals surface area contributed by atoms with Crippen LogP contribution < -0.4 is 5.32 Å². The minimum absolute atomic E-state index is 0.349. The SMILES string of the molecule is Cc1ncc(-c2cccn3c(-c4cc(F)ccn4)ncc23)cc1C(=O)Nc1ccc(F)cc1. The Balaban J connectivity index is 1.54. The number of anilines is 1. The zero-order valence-corrected chi connectivity index (χ0v) is 17.5. The number of aromatic nitrogens is 4. The number of rotatable bonds is 4. The molecule has 5 aromatic rings. The maximum atomic E-state index is 13.7. The third-order valence-electron chi connectivity index (χ3n) is 5.27. The highest BCUT2D eigenvalue weighted by atomic mass is 19.1. The van der Waals surface area contributed by atoms with Crippen molar-refractivity contribution in [3.8, 4) is 22.6 Å². The molecule has 0 unspecified atom stereocenters. The van der Waals surface area contributed by atoms with Crippen LogP contribution in [0.4, 0.5) is 14.5 Å². The molecule has 0 saturated heterocycles. The predicted molar refractivity (Wildman–Crippen MR) is 121 cm³/mol. The number of imidazole rings is 1. The molecule has 1 N–H and O–H groups in total. The molecule has 0 fully saturated rings. The van der Waals surface area contributed by atoms with Gasteiger partial charge in [-0.2, -0.15) is 0 Å². The molecule has 0 spiro atoms. The van der Waals surface area contributed by atoms with Crippen molar-refractivity contribution >= 4 is 17.1 Å². The van der Waals surface area contributed by atoms with Gasteiger partial charge in [-0.3, -0.25) is 19.2 Å². The van der Waals surface area contributed by atoms with Crippen molar-refractivity contribution in [2.24, 2.45) is 0 Å². The molecule has 1 amide bonds. The highest BCUT2D eigenvalue weighted by Gasteiger charge is 2.16. The minimum atomic E-state index is -0.396. The Morgan fingerprint density at radius 2 is 1.76 bits per heavy atom. The molecule has 4 aromatic heterocycles. The van der Waals surface area contributed by atoms with E-state index in [4.69, 9.17) is 0 Å². The first-order valence-corrected chi connectivity index (χ1v) is 10.1. The fourth-order valence-corrected chi connectivity index (χ4v) is 3.62. The van der Waals surface area contributed by atoms with Crippen molar-refractivity contribution in [1.29, 1.82) is 0 Å². The van der Waals surface area contributed by atoms with E-state index < -0.39 is 5.82 Å². The second kappa shape index (κ2) is 8.23. The first kappa shape index (κ1) is 20.4. The normalized spacial score (nSPS) is 11.0. The maximum Gasteiger partial charge on any atom is 0.257 e. The van der Waals surface area contributed by atoms with Crippen LogP contribution in [0.25, 0.3) is 28.2 Å². The van der Waals surface area contributed by atoms with Crippen molar-refractivity contribution in [3.63, 3.8) is 0 Å². The van der Waals surface area contributed by atoms with Crippen molar-refractivity contribution < 1.29 is 13.6 Å². The van der Waals surface area contributed by atoms with Crippen LogP contribution >= 0.6 is 0 Å². The molecular formula is C25H17F2N5O. The van der Waals surface area contributed by atoms with Crippen LogP contribution in [-0.2, 0) is 0 Å². The Labute approximate surface area is 187 Å². The van der Waals surface area contributed by atoms with E-state index in [0.29, 0.717) is 34.0 Å². The molecule has 1 aromatic carbocycles. The fourth-order valence-electron chi connectivity index (χ4n) is 3.62. The monoisotopic (exact) mass is 441 g/mol. The number of pyridine rings is 3. The number of amides is 1. The molecule has 0 aliphatic heterocycles. The summed E-state index contributed by atoms with van der Waals surface area (Å²) >= 11 is 0. The molecule has 0 atom stereocenters. The maximum absolute atomic E-state index is 13.7. The van der Waals surface area contributed by atoms with Crippen molar-refractivity contribution in [2.75, 3.05) is 5.32 Å². The van der Waals surface area contributed by atoms with Crippen LogP contribution in [0.15, 0.2) is 79.4 Å². The van der Waals surface area contributed by atoms with Crippen LogP contribution in [0.5, 0.6) is 0 Å². The first-order valence-electron chi connectivity index (χ1n) is 10.1. The van der Waals surface area contributed by atoms with E-state index in [1.807, 2.05) is 22.7 Å². The highest BCUT2D eigenvalue weighted by molar-refractivity contribution is 6.05. The van der Waals surface area contributed by atoms with Gasteiger partial charge in [0, 0.05) is 41.5 Å². The van der Waals surface area contributed by atoms with Gasteiger partial charge in [-0.15, -0.1) is 0 Å². The zero-order chi connectivity index (χ0) is 22.9. The van der Waals surface area contributed by atoms with Crippen LogP contribution in [0.2, 0.25) is 0 Å². The lowest BCUT2D eigenvalue weighted by Crippen LogP contribution is -2.14. The van der Waals surface area contributed by atoms with Gasteiger partial charge in [-0.25, -0.2) is 13.8 Å². The molecule has 8 heteroatoms. The Hall–Kier alpha value is -4.46. The summed E-state index contributed by atoms with van der Waals surface area (Å²) in [5, 5.41) is 2.77. The number of nitrogens with zero attached hydrogens (tertiary/aromatic N) is 4. The van der Waals surface area contributed by atoms with Gasteiger partial charge in [0.25, 0.3) is 5.91 Å². The van der Waals surface area contributed by atoms with Crippen molar-refractivity contribution in [2.45, 2.75) is 6.92 Å². The number of halogens is 2. The van der Waals surface area contributed by atoms with E-state index in [2.05, 4.69) is 20.3 Å². The molecule has 0 saturated carbocycles. The largest absolute Gasteiger partial charge is 0.322 e. The average molecular weight is 441 g/mol. The molecule has 33 heavy (non-hydrogen) atoms. The van der Waals surface area contributed by atoms with Gasteiger partial charge in [0.2, 0.25) is 0 Å². The second-order valence-electron chi connectivity index (χ2n) is 7.44. The van der Waals surface area contributed by atoms with Crippen LogP contribution in [0, 0.1) is 18.6 Å². The summed E-state index contributed by atoms with van der Waals surface area (Å²) in [6, 6.07) is 13.6. The average Bonchev–Trinajstić information content (AvgIpc) is 3.25. The quantitative estimate of drug-likeness (QED) is 0.411. The number of hydrogen-bond acceptors (Lipinski definition) is 4. The lowest BCUT2D eigenvalue weighted by molar-refractivity contribution is 0.102. The first-order chi connectivity index (χ1) is 16.0. The van der Waals surface area contributed by atoms with Gasteiger partial charge in [0.1, 0.15) is 17.3 Å². The van der Waals surface area contributed by atoms with E-state index in [0.717, 1.165) is 11.1 Å². The van der Waals surface area contributed by atoms with E-state index in [1.165, 1.54) is 42.6 Å². The molecule has 0 radical (unpaired) electrons. The highest BCUT2D eigenvalue weighted by Crippen LogP contribution is 2.29. The molecule has 6 nitrogen and oxygen atoms in total. The molecule has 4 heterocycles. The third-order valence-corrected chi connectivity index (χ3v) is 5.27. The summed E-state index contributed by atoms with van der Waals surface area (Å²) in [5.74, 6) is -0.624. The zero-order valence-electron chi connectivity index (χ0n) is 17.5. The van der Waals surface area contributed by atoms with Gasteiger partial charge in [0.15, 0.2) is 5.82 Å². The molecule has 162 valence electrons. The van der Waals surface area contributed by atoms with Crippen molar-refractivity contribution in [3.05, 3.63) is 102 Å².